The maximum atomic E-state index is 11.7. The van der Waals surface area contributed by atoms with E-state index >= 15 is 0 Å². The van der Waals surface area contributed by atoms with Gasteiger partial charge in [-0.3, -0.25) is 4.79 Å². The van der Waals surface area contributed by atoms with Crippen LogP contribution < -0.4 is 5.56 Å². The molecule has 0 aliphatic carbocycles. The van der Waals surface area contributed by atoms with Crippen LogP contribution in [0.2, 0.25) is 0 Å². The summed E-state index contributed by atoms with van der Waals surface area (Å²) in [6.45, 7) is 0.936. The Balaban J connectivity index is 2.46. The molecule has 0 aromatic carbocycles. The van der Waals surface area contributed by atoms with E-state index in [1.165, 1.54) is 16.0 Å². The Morgan fingerprint density at radius 1 is 1.64 bits per heavy atom. The third-order valence-electron chi connectivity index (χ3n) is 1.85. The van der Waals surface area contributed by atoms with Gasteiger partial charge in [-0.25, -0.2) is 9.67 Å². The first-order valence-corrected chi connectivity index (χ1v) is 4.99. The van der Waals surface area contributed by atoms with Gasteiger partial charge in [0.2, 0.25) is 0 Å². The minimum absolute atomic E-state index is 0.152. The van der Waals surface area contributed by atoms with Crippen molar-refractivity contribution in [1.82, 2.24) is 14.8 Å². The van der Waals surface area contributed by atoms with E-state index in [1.807, 2.05) is 0 Å². The summed E-state index contributed by atoms with van der Waals surface area (Å²) in [6, 6.07) is 0. The second kappa shape index (κ2) is 3.85. The van der Waals surface area contributed by atoms with Crippen molar-refractivity contribution in [3.63, 3.8) is 0 Å². The summed E-state index contributed by atoms with van der Waals surface area (Å²) in [4.78, 5) is 15.7. The molecule has 0 radical (unpaired) electrons. The van der Waals surface area contributed by atoms with Gasteiger partial charge < -0.3 is 4.74 Å². The highest BCUT2D eigenvalue weighted by Gasteiger charge is 2.05. The molecule has 0 atom stereocenters. The third kappa shape index (κ3) is 1.53. The second-order valence-electron chi connectivity index (χ2n) is 2.73. The predicted octanol–water partition coefficient (Wildman–Crippen LogP) is 0.499. The molecule has 0 N–H and O–H groups in total. The van der Waals surface area contributed by atoms with E-state index in [1.54, 1.807) is 18.8 Å². The van der Waals surface area contributed by atoms with Crippen LogP contribution in [0.15, 0.2) is 16.5 Å². The van der Waals surface area contributed by atoms with Crippen molar-refractivity contribution in [2.45, 2.75) is 6.54 Å². The summed E-state index contributed by atoms with van der Waals surface area (Å²) in [6.07, 6.45) is 1.66. The number of methoxy groups -OCH3 is 1. The molecule has 0 amide bonds. The molecule has 0 spiro atoms. The number of hydrogen-bond donors (Lipinski definition) is 0. The van der Waals surface area contributed by atoms with Gasteiger partial charge in [0.1, 0.15) is 5.52 Å². The van der Waals surface area contributed by atoms with E-state index in [2.05, 4.69) is 10.1 Å². The van der Waals surface area contributed by atoms with E-state index in [9.17, 15) is 4.79 Å². The fourth-order valence-corrected chi connectivity index (χ4v) is 1.77. The Kier molecular flexibility index (Phi) is 2.55. The molecule has 0 fully saturated rings. The monoisotopic (exact) mass is 211 g/mol. The Bertz CT molecular complexity index is 491. The van der Waals surface area contributed by atoms with E-state index < -0.39 is 0 Å². The van der Waals surface area contributed by atoms with Crippen LogP contribution in [0.3, 0.4) is 0 Å². The maximum Gasteiger partial charge on any atom is 0.294 e. The average molecular weight is 211 g/mol. The van der Waals surface area contributed by atoms with Gasteiger partial charge in [-0.05, 0) is 0 Å². The molecule has 0 saturated carbocycles. The molecule has 0 unspecified atom stereocenters. The molecule has 5 nitrogen and oxygen atoms in total. The molecule has 2 heterocycles. The summed E-state index contributed by atoms with van der Waals surface area (Å²) in [5, 5.41) is 4.01. The molecule has 2 aromatic heterocycles. The van der Waals surface area contributed by atoms with Crippen LogP contribution in [0.5, 0.6) is 0 Å². The smallest absolute Gasteiger partial charge is 0.294 e. The van der Waals surface area contributed by atoms with Gasteiger partial charge in [0, 0.05) is 7.11 Å². The van der Waals surface area contributed by atoms with Crippen LogP contribution in [0.4, 0.5) is 0 Å². The van der Waals surface area contributed by atoms with E-state index in [0.29, 0.717) is 18.7 Å². The highest BCUT2D eigenvalue weighted by molar-refractivity contribution is 7.16. The van der Waals surface area contributed by atoms with Crippen LogP contribution in [0, 0.1) is 0 Å². The summed E-state index contributed by atoms with van der Waals surface area (Å²) < 4.78 is 7.07. The normalized spacial score (nSPS) is 10.9. The molecule has 2 aromatic rings. The lowest BCUT2D eigenvalue weighted by atomic mass is 10.5. The van der Waals surface area contributed by atoms with Gasteiger partial charge in [-0.15, -0.1) is 11.3 Å². The Morgan fingerprint density at radius 3 is 3.29 bits per heavy atom. The van der Waals surface area contributed by atoms with Gasteiger partial charge in [-0.1, -0.05) is 0 Å². The molecule has 2 rings (SSSR count). The van der Waals surface area contributed by atoms with Gasteiger partial charge in [-0.2, -0.15) is 5.10 Å². The Labute approximate surface area is 84.0 Å². The first kappa shape index (κ1) is 9.29. The van der Waals surface area contributed by atoms with Crippen molar-refractivity contribution in [2.75, 3.05) is 13.7 Å². The van der Waals surface area contributed by atoms with Crippen molar-refractivity contribution in [1.29, 1.82) is 0 Å². The molecular weight excluding hydrogens is 202 g/mol. The van der Waals surface area contributed by atoms with Crippen LogP contribution in [-0.2, 0) is 11.3 Å². The topological polar surface area (TPSA) is 57.0 Å². The average Bonchev–Trinajstić information content (AvgIpc) is 2.66. The summed E-state index contributed by atoms with van der Waals surface area (Å²) in [7, 11) is 1.59. The second-order valence-corrected chi connectivity index (χ2v) is 3.62. The van der Waals surface area contributed by atoms with Crippen molar-refractivity contribution < 1.29 is 4.74 Å². The van der Waals surface area contributed by atoms with Crippen molar-refractivity contribution in [2.24, 2.45) is 0 Å². The zero-order chi connectivity index (χ0) is 9.97. The Morgan fingerprint density at radius 2 is 2.50 bits per heavy atom. The fraction of sp³-hybridized carbons (Fsp3) is 0.375. The van der Waals surface area contributed by atoms with Crippen LogP contribution in [0.25, 0.3) is 10.2 Å². The standard InChI is InChI=1S/C8H9N3O2S/c1-13-3-2-11-8(12)7-6(4-10-11)14-5-9-7/h4-5H,2-3H2,1H3. The number of hydrogen-bond acceptors (Lipinski definition) is 5. The minimum atomic E-state index is -0.152. The zero-order valence-electron chi connectivity index (χ0n) is 7.64. The van der Waals surface area contributed by atoms with Gasteiger partial charge in [0.15, 0.2) is 0 Å². The lowest BCUT2D eigenvalue weighted by Crippen LogP contribution is -2.24. The highest BCUT2D eigenvalue weighted by atomic mass is 32.1. The zero-order valence-corrected chi connectivity index (χ0v) is 8.45. The van der Waals surface area contributed by atoms with Gasteiger partial charge in [0.25, 0.3) is 5.56 Å². The van der Waals surface area contributed by atoms with Crippen LogP contribution in [0.1, 0.15) is 0 Å². The number of fused-ring (bicyclic) bond motifs is 1. The van der Waals surface area contributed by atoms with Crippen LogP contribution in [-0.4, -0.2) is 28.5 Å². The maximum absolute atomic E-state index is 11.7. The fourth-order valence-electron chi connectivity index (χ4n) is 1.14. The molecule has 74 valence electrons. The summed E-state index contributed by atoms with van der Waals surface area (Å²) in [5.41, 5.74) is 1.98. The first-order valence-electron chi connectivity index (χ1n) is 4.11. The van der Waals surface area contributed by atoms with E-state index in [4.69, 9.17) is 4.74 Å². The number of thiazole rings is 1. The van der Waals surface area contributed by atoms with Crippen molar-refractivity contribution >= 4 is 21.6 Å². The lowest BCUT2D eigenvalue weighted by Gasteiger charge is -2.01. The molecule has 0 aliphatic heterocycles. The number of rotatable bonds is 3. The number of aromatic nitrogens is 3. The SMILES string of the molecule is COCCn1ncc2scnc2c1=O. The molecule has 0 saturated heterocycles. The van der Waals surface area contributed by atoms with Crippen molar-refractivity contribution in [3.05, 3.63) is 22.1 Å². The predicted molar refractivity (Wildman–Crippen MR) is 53.6 cm³/mol. The van der Waals surface area contributed by atoms with E-state index in [0.717, 1.165) is 4.70 Å². The lowest BCUT2D eigenvalue weighted by molar-refractivity contribution is 0.182. The van der Waals surface area contributed by atoms with Gasteiger partial charge >= 0.3 is 0 Å². The summed E-state index contributed by atoms with van der Waals surface area (Å²) in [5.74, 6) is 0. The van der Waals surface area contributed by atoms with E-state index in [-0.39, 0.29) is 5.56 Å². The minimum Gasteiger partial charge on any atom is -0.383 e. The molecular formula is C8H9N3O2S. The third-order valence-corrected chi connectivity index (χ3v) is 2.62. The first-order chi connectivity index (χ1) is 6.83. The highest BCUT2D eigenvalue weighted by Crippen LogP contribution is 2.11. The summed E-state index contributed by atoms with van der Waals surface area (Å²) >= 11 is 1.42. The molecule has 6 heteroatoms. The van der Waals surface area contributed by atoms with Crippen molar-refractivity contribution in [3.8, 4) is 0 Å². The van der Waals surface area contributed by atoms with Crippen LogP contribution >= 0.6 is 11.3 Å². The van der Waals surface area contributed by atoms with Gasteiger partial charge in [0.05, 0.1) is 29.6 Å². The number of ether oxygens (including phenoxy) is 1. The molecule has 14 heavy (non-hydrogen) atoms. The largest absolute Gasteiger partial charge is 0.383 e. The Hall–Kier alpha value is -1.27. The quantitative estimate of drug-likeness (QED) is 0.741. The molecule has 0 aliphatic rings. The number of nitrogens with zero attached hydrogens (tertiary/aromatic N) is 3. The molecule has 0 bridgehead atoms.